The van der Waals surface area contributed by atoms with Crippen LogP contribution in [-0.4, -0.2) is 47.4 Å². The molecule has 0 unspecified atom stereocenters. The topological polar surface area (TPSA) is 99.1 Å². The fraction of sp³-hybridized carbons (Fsp3) is 0.815. The first-order chi connectivity index (χ1) is 16.0. The van der Waals surface area contributed by atoms with Crippen LogP contribution in [-0.2, 0) is 28.6 Å². The zero-order valence-corrected chi connectivity index (χ0v) is 20.8. The predicted octanol–water partition coefficient (Wildman–Crippen LogP) is 3.72. The van der Waals surface area contributed by atoms with Gasteiger partial charge in [-0.15, -0.1) is 0 Å². The molecule has 34 heavy (non-hydrogen) atoms. The number of ether oxygens (including phenoxy) is 3. The maximum Gasteiger partial charge on any atom is 0.331 e. The molecule has 4 fully saturated rings. The Morgan fingerprint density at radius 2 is 1.76 bits per heavy atom. The van der Waals surface area contributed by atoms with Gasteiger partial charge >= 0.3 is 17.9 Å². The van der Waals surface area contributed by atoms with E-state index in [1.54, 1.807) is 6.08 Å². The van der Waals surface area contributed by atoms with E-state index in [1.807, 2.05) is 0 Å². The third-order valence-electron chi connectivity index (χ3n) is 10.5. The zero-order valence-electron chi connectivity index (χ0n) is 20.8. The minimum atomic E-state index is -0.978. The maximum atomic E-state index is 12.5. The molecule has 0 aromatic heterocycles. The summed E-state index contributed by atoms with van der Waals surface area (Å²) >= 11 is 0. The van der Waals surface area contributed by atoms with Crippen LogP contribution in [0.25, 0.3) is 0 Å². The first-order valence-electron chi connectivity index (χ1n) is 12.9. The number of hydrogen-bond acceptors (Lipinski definition) is 7. The van der Waals surface area contributed by atoms with E-state index in [0.29, 0.717) is 18.3 Å². The fourth-order valence-electron chi connectivity index (χ4n) is 9.08. The lowest BCUT2D eigenvalue weighted by Gasteiger charge is -2.63. The van der Waals surface area contributed by atoms with Gasteiger partial charge in [-0.25, -0.2) is 4.79 Å². The molecule has 9 atom stereocenters. The lowest BCUT2D eigenvalue weighted by molar-refractivity contribution is -0.210. The van der Waals surface area contributed by atoms with Gasteiger partial charge in [0, 0.05) is 37.7 Å². The number of cyclic esters (lactones) is 1. The lowest BCUT2D eigenvalue weighted by Crippen LogP contribution is -2.62. The van der Waals surface area contributed by atoms with Crippen molar-refractivity contribution in [2.75, 3.05) is 6.61 Å². The average molecular weight is 475 g/mol. The summed E-state index contributed by atoms with van der Waals surface area (Å²) in [6, 6.07) is 0. The largest absolute Gasteiger partial charge is 0.463 e. The molecule has 4 saturated carbocycles. The highest BCUT2D eigenvalue weighted by Crippen LogP contribution is 2.70. The molecule has 0 amide bonds. The van der Waals surface area contributed by atoms with Crippen molar-refractivity contribution in [1.82, 2.24) is 0 Å². The van der Waals surface area contributed by atoms with Gasteiger partial charge in [0.15, 0.2) is 0 Å². The quantitative estimate of drug-likeness (QED) is 0.492. The molecule has 1 heterocycles. The highest BCUT2D eigenvalue weighted by atomic mass is 16.6. The molecular formula is C27H38O7. The second kappa shape index (κ2) is 8.07. The van der Waals surface area contributed by atoms with Gasteiger partial charge in [0.25, 0.3) is 0 Å². The molecule has 0 radical (unpaired) electrons. The molecule has 1 N–H and O–H groups in total. The van der Waals surface area contributed by atoms with Crippen LogP contribution in [0.4, 0.5) is 0 Å². The van der Waals surface area contributed by atoms with E-state index in [9.17, 15) is 19.5 Å². The predicted molar refractivity (Wildman–Crippen MR) is 122 cm³/mol. The van der Waals surface area contributed by atoms with E-state index in [2.05, 4.69) is 13.8 Å². The summed E-state index contributed by atoms with van der Waals surface area (Å²) in [5, 5.41) is 12.5. The van der Waals surface area contributed by atoms with Crippen molar-refractivity contribution in [3.8, 4) is 0 Å². The van der Waals surface area contributed by atoms with Crippen LogP contribution >= 0.6 is 0 Å². The Bertz CT molecular complexity index is 926. The van der Waals surface area contributed by atoms with Gasteiger partial charge in [-0.2, -0.15) is 0 Å². The van der Waals surface area contributed by atoms with Gasteiger partial charge in [-0.1, -0.05) is 13.8 Å². The minimum absolute atomic E-state index is 0.000108. The highest BCUT2D eigenvalue weighted by molar-refractivity contribution is 5.85. The van der Waals surface area contributed by atoms with Crippen molar-refractivity contribution >= 4 is 17.9 Å². The van der Waals surface area contributed by atoms with E-state index >= 15 is 0 Å². The van der Waals surface area contributed by atoms with E-state index < -0.39 is 17.1 Å². The van der Waals surface area contributed by atoms with Gasteiger partial charge < -0.3 is 19.3 Å². The Hall–Kier alpha value is -1.89. The Balaban J connectivity index is 1.46. The zero-order chi connectivity index (χ0) is 24.5. The SMILES string of the molecule is CC(=O)O[C@@H]1CC[C@@]2(C)[C@H](CC[C@@H]3[C@@H]2CC[C@]2(C)[C@@H](C4=CC(=O)OC4)[C@@H](OC(C)=O)C[C@@]32O)C1. The van der Waals surface area contributed by atoms with Gasteiger partial charge in [0.05, 0.1) is 5.60 Å². The monoisotopic (exact) mass is 474 g/mol. The van der Waals surface area contributed by atoms with Crippen molar-refractivity contribution in [3.05, 3.63) is 11.6 Å². The Labute approximate surface area is 201 Å². The van der Waals surface area contributed by atoms with E-state index in [0.717, 1.165) is 50.5 Å². The second-order valence-corrected chi connectivity index (χ2v) is 12.0. The smallest absolute Gasteiger partial charge is 0.331 e. The molecule has 0 spiro atoms. The number of aliphatic hydroxyl groups is 1. The van der Waals surface area contributed by atoms with Crippen molar-refractivity contribution in [1.29, 1.82) is 0 Å². The molecule has 7 nitrogen and oxygen atoms in total. The summed E-state index contributed by atoms with van der Waals surface area (Å²) in [4.78, 5) is 35.4. The van der Waals surface area contributed by atoms with E-state index in [1.165, 1.54) is 13.8 Å². The summed E-state index contributed by atoms with van der Waals surface area (Å²) in [5.74, 6) is -0.190. The third kappa shape index (κ3) is 3.44. The molecule has 1 aliphatic heterocycles. The van der Waals surface area contributed by atoms with Crippen LogP contribution in [0.15, 0.2) is 11.6 Å². The summed E-state index contributed by atoms with van der Waals surface area (Å²) in [7, 11) is 0. The Kier molecular flexibility index (Phi) is 5.66. The highest BCUT2D eigenvalue weighted by Gasteiger charge is 2.71. The van der Waals surface area contributed by atoms with E-state index in [-0.39, 0.29) is 47.9 Å². The molecular weight excluding hydrogens is 436 g/mol. The molecule has 4 aliphatic carbocycles. The minimum Gasteiger partial charge on any atom is -0.463 e. The summed E-state index contributed by atoms with van der Waals surface area (Å²) in [6.45, 7) is 7.61. The van der Waals surface area contributed by atoms with Crippen LogP contribution < -0.4 is 0 Å². The average Bonchev–Trinajstić information content (AvgIpc) is 3.25. The molecule has 0 bridgehead atoms. The third-order valence-corrected chi connectivity index (χ3v) is 10.5. The van der Waals surface area contributed by atoms with Gasteiger partial charge in [0.1, 0.15) is 18.8 Å². The van der Waals surface area contributed by atoms with Crippen LogP contribution in [0.5, 0.6) is 0 Å². The number of carbonyl (C=O) groups is 3. The molecule has 0 aromatic rings. The lowest BCUT2D eigenvalue weighted by atomic mass is 9.43. The number of rotatable bonds is 3. The number of fused-ring (bicyclic) bond motifs is 5. The van der Waals surface area contributed by atoms with Gasteiger partial charge in [0.2, 0.25) is 0 Å². The maximum absolute atomic E-state index is 12.5. The molecule has 188 valence electrons. The van der Waals surface area contributed by atoms with Crippen LogP contribution in [0, 0.1) is 34.5 Å². The Morgan fingerprint density at radius 1 is 1.03 bits per heavy atom. The van der Waals surface area contributed by atoms with Crippen molar-refractivity contribution in [2.45, 2.75) is 96.9 Å². The van der Waals surface area contributed by atoms with Gasteiger partial charge in [-0.05, 0) is 73.7 Å². The molecule has 0 saturated heterocycles. The Morgan fingerprint density at radius 3 is 2.41 bits per heavy atom. The van der Waals surface area contributed by atoms with Crippen LogP contribution in [0.2, 0.25) is 0 Å². The number of esters is 3. The first-order valence-corrected chi connectivity index (χ1v) is 12.9. The van der Waals surface area contributed by atoms with Crippen LogP contribution in [0.3, 0.4) is 0 Å². The van der Waals surface area contributed by atoms with E-state index in [4.69, 9.17) is 14.2 Å². The fourth-order valence-corrected chi connectivity index (χ4v) is 9.08. The summed E-state index contributed by atoms with van der Waals surface area (Å²) in [5.41, 5.74) is -0.535. The summed E-state index contributed by atoms with van der Waals surface area (Å²) in [6.07, 6.45) is 7.98. The van der Waals surface area contributed by atoms with Crippen molar-refractivity contribution in [2.24, 2.45) is 34.5 Å². The summed E-state index contributed by atoms with van der Waals surface area (Å²) < 4.78 is 16.6. The van der Waals surface area contributed by atoms with Crippen molar-refractivity contribution in [3.63, 3.8) is 0 Å². The first kappa shape index (κ1) is 23.8. The molecule has 7 heteroatoms. The standard InChI is InChI=1S/C27H38O7/c1-15(28)33-19-7-9-25(3)18(12-19)5-6-21-20(25)8-10-26(4)24(17-11-23(30)32-14-17)22(34-16(2)29)13-27(21,26)31/h11,18-22,24,31H,5-10,12-14H2,1-4H3/t18-,19-,20+,21-,22+,24+,25+,26-,27-/m1/s1. The molecule has 0 aromatic carbocycles. The van der Waals surface area contributed by atoms with Crippen LogP contribution in [0.1, 0.15) is 79.1 Å². The second-order valence-electron chi connectivity index (χ2n) is 12.0. The normalized spacial score (nSPS) is 47.6. The molecule has 5 rings (SSSR count). The number of hydrogen-bond donors (Lipinski definition) is 1. The molecule has 5 aliphatic rings. The number of carbonyl (C=O) groups excluding carboxylic acids is 3. The van der Waals surface area contributed by atoms with Gasteiger partial charge in [-0.3, -0.25) is 9.59 Å². The van der Waals surface area contributed by atoms with Crippen molar-refractivity contribution < 1.29 is 33.7 Å².